The highest BCUT2D eigenvalue weighted by atomic mass is 32.2. The van der Waals surface area contributed by atoms with E-state index in [1.165, 1.54) is 0 Å². The van der Waals surface area contributed by atoms with Crippen LogP contribution in [-0.4, -0.2) is 41.2 Å². The molecule has 1 aromatic rings. The average molecular weight is 308 g/mol. The van der Waals surface area contributed by atoms with Crippen LogP contribution >= 0.6 is 11.8 Å². The van der Waals surface area contributed by atoms with Crippen molar-refractivity contribution in [3.63, 3.8) is 0 Å². The van der Waals surface area contributed by atoms with Gasteiger partial charge in [0.25, 0.3) is 0 Å². The lowest BCUT2D eigenvalue weighted by Crippen LogP contribution is -2.44. The molecule has 2 N–H and O–H groups in total. The zero-order chi connectivity index (χ0) is 15.4. The first-order valence-corrected chi connectivity index (χ1v) is 8.20. The van der Waals surface area contributed by atoms with Crippen LogP contribution < -0.4 is 10.2 Å². The molecule has 6 heteroatoms. The summed E-state index contributed by atoms with van der Waals surface area (Å²) in [5.74, 6) is 0.921. The molecule has 5 nitrogen and oxygen atoms in total. The highest BCUT2D eigenvalue weighted by Gasteiger charge is 2.26. The Kier molecular flexibility index (Phi) is 5.12. The number of carbonyl (C=O) groups is 2. The zero-order valence-corrected chi connectivity index (χ0v) is 13.1. The Labute approximate surface area is 128 Å². The van der Waals surface area contributed by atoms with Gasteiger partial charge in [-0.1, -0.05) is 13.0 Å². The Balaban J connectivity index is 2.08. The molecule has 2 amide bonds. The molecule has 21 heavy (non-hydrogen) atoms. The number of benzene rings is 1. The fourth-order valence-electron chi connectivity index (χ4n) is 2.35. The minimum absolute atomic E-state index is 0.0918. The van der Waals surface area contributed by atoms with Gasteiger partial charge in [0.05, 0.1) is 5.56 Å². The van der Waals surface area contributed by atoms with Crippen molar-refractivity contribution in [2.24, 2.45) is 0 Å². The van der Waals surface area contributed by atoms with E-state index in [-0.39, 0.29) is 17.6 Å². The summed E-state index contributed by atoms with van der Waals surface area (Å²) in [7, 11) is 0. The number of fused-ring (bicyclic) bond motifs is 1. The number of urea groups is 1. The molecule has 0 fully saturated rings. The van der Waals surface area contributed by atoms with Gasteiger partial charge < -0.3 is 10.4 Å². The van der Waals surface area contributed by atoms with E-state index >= 15 is 0 Å². The molecule has 0 aromatic heterocycles. The fourth-order valence-corrected chi connectivity index (χ4v) is 3.02. The van der Waals surface area contributed by atoms with Crippen molar-refractivity contribution >= 4 is 29.4 Å². The molecule has 0 spiro atoms. The zero-order valence-electron chi connectivity index (χ0n) is 12.3. The summed E-state index contributed by atoms with van der Waals surface area (Å²) >= 11 is 1.78. The number of hydrogen-bond donors (Lipinski definition) is 2. The molecule has 114 valence electrons. The van der Waals surface area contributed by atoms with Gasteiger partial charge in [-0.3, -0.25) is 4.90 Å². The fraction of sp³-hybridized carbons (Fsp3) is 0.467. The molecule has 0 bridgehead atoms. The first kappa shape index (κ1) is 15.7. The van der Waals surface area contributed by atoms with Gasteiger partial charge in [0.2, 0.25) is 0 Å². The minimum Gasteiger partial charge on any atom is -0.478 e. The number of carbonyl (C=O) groups excluding carboxylic acids is 1. The van der Waals surface area contributed by atoms with Crippen LogP contribution in [0, 0.1) is 0 Å². The second-order valence-corrected chi connectivity index (χ2v) is 6.38. The van der Waals surface area contributed by atoms with E-state index in [0.29, 0.717) is 12.2 Å². The molecule has 1 atom stereocenters. The number of carboxylic acid groups (broad SMARTS) is 1. The van der Waals surface area contributed by atoms with E-state index in [1.807, 2.05) is 6.92 Å². The Morgan fingerprint density at radius 3 is 2.90 bits per heavy atom. The summed E-state index contributed by atoms with van der Waals surface area (Å²) in [6.45, 7) is 4.66. The Morgan fingerprint density at radius 1 is 1.48 bits per heavy atom. The maximum atomic E-state index is 12.3. The second-order valence-electron chi connectivity index (χ2n) is 5.06. The van der Waals surface area contributed by atoms with E-state index in [2.05, 4.69) is 12.2 Å². The summed E-state index contributed by atoms with van der Waals surface area (Å²) in [6.07, 6.45) is 0.765. The lowest BCUT2D eigenvalue weighted by Gasteiger charge is -2.21. The van der Waals surface area contributed by atoms with Crippen LogP contribution in [0.5, 0.6) is 0 Å². The number of carboxylic acids is 1. The number of nitrogens with zero attached hydrogens (tertiary/aromatic N) is 1. The summed E-state index contributed by atoms with van der Waals surface area (Å²) in [5.41, 5.74) is 1.94. The number of thioether (sulfide) groups is 1. The van der Waals surface area contributed by atoms with Gasteiger partial charge in [0, 0.05) is 24.0 Å². The predicted molar refractivity (Wildman–Crippen MR) is 85.4 cm³/mol. The maximum Gasteiger partial charge on any atom is 0.335 e. The van der Waals surface area contributed by atoms with Gasteiger partial charge in [-0.15, -0.1) is 0 Å². The van der Waals surface area contributed by atoms with E-state index in [4.69, 9.17) is 5.11 Å². The van der Waals surface area contributed by atoms with Crippen LogP contribution in [0.2, 0.25) is 0 Å². The smallest absolute Gasteiger partial charge is 0.335 e. The molecule has 0 radical (unpaired) electrons. The van der Waals surface area contributed by atoms with Crippen molar-refractivity contribution in [1.29, 1.82) is 0 Å². The lowest BCUT2D eigenvalue weighted by molar-refractivity contribution is 0.0697. The highest BCUT2D eigenvalue weighted by Crippen LogP contribution is 2.29. The largest absolute Gasteiger partial charge is 0.478 e. The van der Waals surface area contributed by atoms with Crippen LogP contribution in [0.25, 0.3) is 0 Å². The number of aromatic carboxylic acids is 1. The number of anilines is 1. The van der Waals surface area contributed by atoms with Crippen LogP contribution in [0.1, 0.15) is 29.8 Å². The molecule has 0 aliphatic carbocycles. The summed E-state index contributed by atoms with van der Waals surface area (Å²) in [5, 5.41) is 12.0. The Bertz CT molecular complexity index is 548. The second kappa shape index (κ2) is 6.85. The third-order valence-electron chi connectivity index (χ3n) is 3.41. The molecular weight excluding hydrogens is 288 g/mol. The van der Waals surface area contributed by atoms with E-state index in [9.17, 15) is 9.59 Å². The molecule has 1 aromatic carbocycles. The number of nitrogens with one attached hydrogen (secondary N) is 1. The SMILES string of the molecule is CCSCC(C)NC(=O)N1CCc2ccc(C(=O)O)cc21. The molecule has 1 heterocycles. The quantitative estimate of drug-likeness (QED) is 0.877. The van der Waals surface area contributed by atoms with Gasteiger partial charge in [-0.05, 0) is 36.8 Å². The van der Waals surface area contributed by atoms with Gasteiger partial charge in [-0.25, -0.2) is 9.59 Å². The highest BCUT2D eigenvalue weighted by molar-refractivity contribution is 7.99. The standard InChI is InChI=1S/C15H20N2O3S/c1-3-21-9-10(2)16-15(20)17-7-6-11-4-5-12(14(18)19)8-13(11)17/h4-5,8,10H,3,6-7,9H2,1-2H3,(H,16,20)(H,18,19). The summed E-state index contributed by atoms with van der Waals surface area (Å²) < 4.78 is 0. The Hall–Kier alpha value is -1.69. The van der Waals surface area contributed by atoms with E-state index < -0.39 is 5.97 Å². The van der Waals surface area contributed by atoms with Crippen molar-refractivity contribution in [3.05, 3.63) is 29.3 Å². The van der Waals surface area contributed by atoms with Crippen molar-refractivity contribution < 1.29 is 14.7 Å². The van der Waals surface area contributed by atoms with Crippen LogP contribution in [-0.2, 0) is 6.42 Å². The summed E-state index contributed by atoms with van der Waals surface area (Å²) in [6, 6.07) is 4.90. The van der Waals surface area contributed by atoms with Crippen molar-refractivity contribution in [2.45, 2.75) is 26.3 Å². The average Bonchev–Trinajstić information content (AvgIpc) is 2.87. The number of hydrogen-bond acceptors (Lipinski definition) is 3. The molecule has 1 aliphatic heterocycles. The maximum absolute atomic E-state index is 12.3. The normalized spacial score (nSPS) is 14.7. The summed E-state index contributed by atoms with van der Waals surface area (Å²) in [4.78, 5) is 25.0. The monoisotopic (exact) mass is 308 g/mol. The topological polar surface area (TPSA) is 69.6 Å². The minimum atomic E-state index is -0.974. The molecule has 0 saturated carbocycles. The molecule has 2 rings (SSSR count). The molecule has 1 aliphatic rings. The van der Waals surface area contributed by atoms with Gasteiger partial charge >= 0.3 is 12.0 Å². The molecule has 0 saturated heterocycles. The third-order valence-corrected chi connectivity index (χ3v) is 4.56. The van der Waals surface area contributed by atoms with Crippen LogP contribution in [0.3, 0.4) is 0 Å². The lowest BCUT2D eigenvalue weighted by atomic mass is 10.1. The van der Waals surface area contributed by atoms with Gasteiger partial charge in [0.15, 0.2) is 0 Å². The first-order chi connectivity index (χ1) is 10.0. The van der Waals surface area contributed by atoms with E-state index in [1.54, 1.807) is 34.9 Å². The molecular formula is C15H20N2O3S. The third kappa shape index (κ3) is 3.69. The van der Waals surface area contributed by atoms with Crippen LogP contribution in [0.4, 0.5) is 10.5 Å². The van der Waals surface area contributed by atoms with E-state index in [0.717, 1.165) is 23.5 Å². The predicted octanol–water partition coefficient (Wildman–Crippen LogP) is 2.60. The van der Waals surface area contributed by atoms with Gasteiger partial charge in [0.1, 0.15) is 0 Å². The number of rotatable bonds is 5. The molecule has 1 unspecified atom stereocenters. The first-order valence-electron chi connectivity index (χ1n) is 7.05. The van der Waals surface area contributed by atoms with Crippen molar-refractivity contribution in [1.82, 2.24) is 5.32 Å². The number of amides is 2. The van der Waals surface area contributed by atoms with Gasteiger partial charge in [-0.2, -0.15) is 11.8 Å². The Morgan fingerprint density at radius 2 is 2.24 bits per heavy atom. The van der Waals surface area contributed by atoms with Crippen LogP contribution in [0.15, 0.2) is 18.2 Å². The van der Waals surface area contributed by atoms with Crippen molar-refractivity contribution in [2.75, 3.05) is 23.0 Å². The van der Waals surface area contributed by atoms with Crippen molar-refractivity contribution in [3.8, 4) is 0 Å².